The third kappa shape index (κ3) is 4.99. The number of nitrogen functional groups attached to an aromatic ring is 1. The van der Waals surface area contributed by atoms with Crippen molar-refractivity contribution >= 4 is 23.5 Å². The van der Waals surface area contributed by atoms with Crippen LogP contribution in [-0.2, 0) is 4.79 Å². The van der Waals surface area contributed by atoms with E-state index in [-0.39, 0.29) is 18.4 Å². The van der Waals surface area contributed by atoms with Gasteiger partial charge < -0.3 is 21.3 Å². The van der Waals surface area contributed by atoms with Crippen LogP contribution in [0.25, 0.3) is 0 Å². The Balaban J connectivity index is 2.75. The molecule has 0 spiro atoms. The zero-order valence-electron chi connectivity index (χ0n) is 11.7. The van der Waals surface area contributed by atoms with Gasteiger partial charge in [-0.1, -0.05) is 6.92 Å². The van der Waals surface area contributed by atoms with Gasteiger partial charge in [-0.15, -0.1) is 0 Å². The number of carbonyl (C=O) groups excluding carboxylic acids is 1. The lowest BCUT2D eigenvalue weighted by atomic mass is 10.4. The normalized spacial score (nSPS) is 10.1. The maximum absolute atomic E-state index is 11.5. The fourth-order valence-corrected chi connectivity index (χ4v) is 1.54. The Kier molecular flexibility index (Phi) is 5.84. The van der Waals surface area contributed by atoms with Gasteiger partial charge >= 0.3 is 0 Å². The van der Waals surface area contributed by atoms with E-state index in [1.54, 1.807) is 18.0 Å². The van der Waals surface area contributed by atoms with Crippen LogP contribution in [0.5, 0.6) is 0 Å². The molecule has 1 heterocycles. The van der Waals surface area contributed by atoms with E-state index in [4.69, 9.17) is 5.73 Å². The van der Waals surface area contributed by atoms with Crippen LogP contribution < -0.4 is 21.3 Å². The van der Waals surface area contributed by atoms with E-state index >= 15 is 0 Å². The predicted molar refractivity (Wildman–Crippen MR) is 77.2 cm³/mol. The molecule has 1 rings (SSSR count). The molecule has 0 aliphatic carbocycles. The van der Waals surface area contributed by atoms with E-state index in [2.05, 4.69) is 27.5 Å². The topological polar surface area (TPSA) is 96.2 Å². The maximum atomic E-state index is 11.5. The largest absolute Gasteiger partial charge is 0.370 e. The molecule has 0 radical (unpaired) electrons. The molecule has 0 bridgehead atoms. The van der Waals surface area contributed by atoms with Crippen LogP contribution in [0, 0.1) is 0 Å². The second-order valence-electron chi connectivity index (χ2n) is 4.21. The van der Waals surface area contributed by atoms with Crippen molar-refractivity contribution in [2.75, 3.05) is 42.6 Å². The highest BCUT2D eigenvalue weighted by atomic mass is 16.2. The average molecular weight is 266 g/mol. The highest BCUT2D eigenvalue weighted by molar-refractivity contribution is 5.81. The zero-order valence-corrected chi connectivity index (χ0v) is 11.7. The Morgan fingerprint density at radius 2 is 2.16 bits per heavy atom. The summed E-state index contributed by atoms with van der Waals surface area (Å²) in [5, 5.41) is 5.89. The van der Waals surface area contributed by atoms with E-state index in [1.165, 1.54) is 0 Å². The van der Waals surface area contributed by atoms with Crippen LogP contribution in [0.1, 0.15) is 20.3 Å². The summed E-state index contributed by atoms with van der Waals surface area (Å²) in [5.74, 6) is 1.44. The minimum Gasteiger partial charge on any atom is -0.370 e. The molecule has 0 saturated heterocycles. The molecule has 106 valence electrons. The van der Waals surface area contributed by atoms with Crippen molar-refractivity contribution in [2.45, 2.75) is 20.3 Å². The monoisotopic (exact) mass is 266 g/mol. The quantitative estimate of drug-likeness (QED) is 0.663. The number of nitrogens with one attached hydrogen (secondary N) is 2. The fourth-order valence-electron chi connectivity index (χ4n) is 1.54. The number of amides is 1. The van der Waals surface area contributed by atoms with Crippen LogP contribution in [-0.4, -0.2) is 42.6 Å². The van der Waals surface area contributed by atoms with Gasteiger partial charge in [-0.3, -0.25) is 4.79 Å². The molecule has 7 nitrogen and oxygen atoms in total. The number of rotatable bonds is 7. The van der Waals surface area contributed by atoms with Gasteiger partial charge in [0.15, 0.2) is 0 Å². The van der Waals surface area contributed by atoms with Crippen LogP contribution in [0.4, 0.5) is 17.6 Å². The van der Waals surface area contributed by atoms with Gasteiger partial charge in [-0.05, 0) is 13.3 Å². The van der Waals surface area contributed by atoms with Gasteiger partial charge in [0.1, 0.15) is 11.6 Å². The molecule has 0 atom stereocenters. The third-order valence-corrected chi connectivity index (χ3v) is 2.43. The van der Waals surface area contributed by atoms with Gasteiger partial charge in [-0.25, -0.2) is 0 Å². The third-order valence-electron chi connectivity index (χ3n) is 2.43. The Morgan fingerprint density at radius 3 is 2.79 bits per heavy atom. The number of carbonyl (C=O) groups is 1. The summed E-state index contributed by atoms with van der Waals surface area (Å²) >= 11 is 0. The van der Waals surface area contributed by atoms with Crippen LogP contribution in [0.2, 0.25) is 0 Å². The second kappa shape index (κ2) is 7.40. The zero-order chi connectivity index (χ0) is 14.3. The summed E-state index contributed by atoms with van der Waals surface area (Å²) in [7, 11) is 1.79. The summed E-state index contributed by atoms with van der Waals surface area (Å²) in [6, 6.07) is 1.78. The van der Waals surface area contributed by atoms with Gasteiger partial charge in [0.2, 0.25) is 11.9 Å². The molecule has 0 saturated carbocycles. The van der Waals surface area contributed by atoms with Gasteiger partial charge in [0.05, 0.1) is 6.54 Å². The Morgan fingerprint density at radius 1 is 1.42 bits per heavy atom. The maximum Gasteiger partial charge on any atom is 0.239 e. The lowest BCUT2D eigenvalue weighted by Gasteiger charge is -2.18. The molecule has 0 fully saturated rings. The number of anilines is 3. The van der Waals surface area contributed by atoms with Crippen LogP contribution in [0.3, 0.4) is 0 Å². The highest BCUT2D eigenvalue weighted by Gasteiger charge is 2.10. The molecule has 0 unspecified atom stereocenters. The Bertz CT molecular complexity index is 423. The standard InChI is InChI=1S/C12H22N6O/c1-4-6-15-9-7-10(17-12(13)16-9)18(3)8-11(19)14-5-2/h7H,4-6,8H2,1-3H3,(H,14,19)(H3,13,15,16,17). The van der Waals surface area contributed by atoms with Gasteiger partial charge in [0, 0.05) is 26.2 Å². The van der Waals surface area contributed by atoms with Crippen molar-refractivity contribution in [3.63, 3.8) is 0 Å². The summed E-state index contributed by atoms with van der Waals surface area (Å²) < 4.78 is 0. The molecular formula is C12H22N6O. The Labute approximate surface area is 113 Å². The van der Waals surface area contributed by atoms with E-state index < -0.39 is 0 Å². The number of hydrogen-bond donors (Lipinski definition) is 3. The SMILES string of the molecule is CCCNc1cc(N(C)CC(=O)NCC)nc(N)n1. The lowest BCUT2D eigenvalue weighted by Crippen LogP contribution is -2.35. The highest BCUT2D eigenvalue weighted by Crippen LogP contribution is 2.15. The molecule has 1 aromatic heterocycles. The molecule has 7 heteroatoms. The average Bonchev–Trinajstić information content (AvgIpc) is 2.36. The first-order valence-corrected chi connectivity index (χ1v) is 6.43. The van der Waals surface area contributed by atoms with E-state index in [1.807, 2.05) is 6.92 Å². The number of nitrogens with two attached hydrogens (primary N) is 1. The smallest absolute Gasteiger partial charge is 0.239 e. The molecule has 0 aliphatic rings. The summed E-state index contributed by atoms with van der Waals surface area (Å²) in [5.41, 5.74) is 5.67. The molecule has 1 aromatic rings. The number of hydrogen-bond acceptors (Lipinski definition) is 6. The predicted octanol–water partition coefficient (Wildman–Crippen LogP) is 0.453. The number of likely N-dealkylation sites (N-methyl/N-ethyl adjacent to an activating group) is 2. The fraction of sp³-hybridized carbons (Fsp3) is 0.583. The number of nitrogens with zero attached hydrogens (tertiary/aromatic N) is 3. The van der Waals surface area contributed by atoms with Gasteiger partial charge in [0.25, 0.3) is 0 Å². The molecule has 0 aromatic carbocycles. The lowest BCUT2D eigenvalue weighted by molar-refractivity contribution is -0.119. The van der Waals surface area contributed by atoms with Gasteiger partial charge in [-0.2, -0.15) is 9.97 Å². The minimum absolute atomic E-state index is 0.0507. The van der Waals surface area contributed by atoms with Crippen molar-refractivity contribution in [1.82, 2.24) is 15.3 Å². The molecule has 1 amide bonds. The first kappa shape index (κ1) is 15.0. The van der Waals surface area contributed by atoms with E-state index in [0.717, 1.165) is 13.0 Å². The number of aromatic nitrogens is 2. The van der Waals surface area contributed by atoms with Crippen molar-refractivity contribution in [1.29, 1.82) is 0 Å². The van der Waals surface area contributed by atoms with Crippen LogP contribution in [0.15, 0.2) is 6.07 Å². The van der Waals surface area contributed by atoms with Crippen molar-refractivity contribution in [2.24, 2.45) is 0 Å². The minimum atomic E-state index is -0.0507. The van der Waals surface area contributed by atoms with E-state index in [9.17, 15) is 4.79 Å². The molecule has 0 aliphatic heterocycles. The Hall–Kier alpha value is -2.05. The van der Waals surface area contributed by atoms with Crippen molar-refractivity contribution in [3.8, 4) is 0 Å². The second-order valence-corrected chi connectivity index (χ2v) is 4.21. The first-order valence-electron chi connectivity index (χ1n) is 6.43. The molecule has 19 heavy (non-hydrogen) atoms. The van der Waals surface area contributed by atoms with Crippen LogP contribution >= 0.6 is 0 Å². The molecule has 4 N–H and O–H groups in total. The van der Waals surface area contributed by atoms with Crippen molar-refractivity contribution in [3.05, 3.63) is 6.07 Å². The first-order chi connectivity index (χ1) is 9.06. The molecular weight excluding hydrogens is 244 g/mol. The summed E-state index contributed by atoms with van der Waals surface area (Å²) in [6.07, 6.45) is 0.994. The van der Waals surface area contributed by atoms with Crippen molar-refractivity contribution < 1.29 is 4.79 Å². The summed E-state index contributed by atoms with van der Waals surface area (Å²) in [6.45, 7) is 5.61. The van der Waals surface area contributed by atoms with E-state index in [0.29, 0.717) is 18.2 Å². The summed E-state index contributed by atoms with van der Waals surface area (Å²) in [4.78, 5) is 21.5.